The molecule has 1 aliphatic carbocycles. The normalized spacial score (nSPS) is 18.6. The minimum Gasteiger partial charge on any atom is -0.369 e. The summed E-state index contributed by atoms with van der Waals surface area (Å²) >= 11 is 0. The van der Waals surface area contributed by atoms with Gasteiger partial charge in [0.05, 0.1) is 0 Å². The van der Waals surface area contributed by atoms with Gasteiger partial charge in [0, 0.05) is 6.54 Å². The van der Waals surface area contributed by atoms with E-state index in [0.717, 1.165) is 6.54 Å². The van der Waals surface area contributed by atoms with Crippen LogP contribution in [0.25, 0.3) is 0 Å². The van der Waals surface area contributed by atoms with Crippen LogP contribution in [0.5, 0.6) is 0 Å². The Morgan fingerprint density at radius 2 is 2.12 bits per heavy atom. The number of pyridine rings is 1. The molecule has 0 saturated heterocycles. The van der Waals surface area contributed by atoms with Gasteiger partial charge in [0.1, 0.15) is 5.82 Å². The highest BCUT2D eigenvalue weighted by atomic mass is 19.1. The van der Waals surface area contributed by atoms with Gasteiger partial charge in [-0.1, -0.05) is 25.8 Å². The van der Waals surface area contributed by atoms with Crippen molar-refractivity contribution in [3.05, 3.63) is 24.1 Å². The van der Waals surface area contributed by atoms with Crippen LogP contribution in [-0.4, -0.2) is 11.5 Å². The Morgan fingerprint density at radius 1 is 1.38 bits per heavy atom. The quantitative estimate of drug-likeness (QED) is 0.787. The molecule has 1 fully saturated rings. The summed E-state index contributed by atoms with van der Waals surface area (Å²) in [5.74, 6) is 0.238. The SMILES string of the molecule is CCC1(CNc2cccc(F)n2)CCCC1. The number of hydrogen-bond acceptors (Lipinski definition) is 2. The Hall–Kier alpha value is -1.12. The molecule has 1 saturated carbocycles. The van der Waals surface area contributed by atoms with Crippen molar-refractivity contribution in [3.63, 3.8) is 0 Å². The molecule has 0 aromatic carbocycles. The third kappa shape index (κ3) is 2.52. The topological polar surface area (TPSA) is 24.9 Å². The Balaban J connectivity index is 1.95. The first kappa shape index (κ1) is 11.4. The van der Waals surface area contributed by atoms with Gasteiger partial charge < -0.3 is 5.32 Å². The van der Waals surface area contributed by atoms with Crippen LogP contribution in [0.2, 0.25) is 0 Å². The highest BCUT2D eigenvalue weighted by molar-refractivity contribution is 5.33. The van der Waals surface area contributed by atoms with E-state index in [2.05, 4.69) is 17.2 Å². The number of halogens is 1. The predicted molar refractivity (Wildman–Crippen MR) is 63.9 cm³/mol. The zero-order valence-electron chi connectivity index (χ0n) is 9.80. The Labute approximate surface area is 96.3 Å². The molecule has 0 bridgehead atoms. The fourth-order valence-electron chi connectivity index (χ4n) is 2.57. The van der Waals surface area contributed by atoms with Crippen molar-refractivity contribution in [3.8, 4) is 0 Å². The molecule has 1 aromatic rings. The number of aromatic nitrogens is 1. The highest BCUT2D eigenvalue weighted by Crippen LogP contribution is 2.40. The molecule has 1 aliphatic rings. The van der Waals surface area contributed by atoms with Crippen LogP contribution in [0, 0.1) is 11.4 Å². The van der Waals surface area contributed by atoms with E-state index in [0.29, 0.717) is 11.2 Å². The Bertz CT molecular complexity index is 346. The molecule has 1 N–H and O–H groups in total. The lowest BCUT2D eigenvalue weighted by Gasteiger charge is -2.27. The number of rotatable bonds is 4. The predicted octanol–water partition coefficient (Wildman–Crippen LogP) is 3.60. The molecule has 0 amide bonds. The first-order valence-corrected chi connectivity index (χ1v) is 6.11. The lowest BCUT2D eigenvalue weighted by Crippen LogP contribution is -2.26. The summed E-state index contributed by atoms with van der Waals surface area (Å²) in [4.78, 5) is 3.82. The monoisotopic (exact) mass is 222 g/mol. The molecule has 1 heterocycles. The van der Waals surface area contributed by atoms with E-state index in [4.69, 9.17) is 0 Å². The summed E-state index contributed by atoms with van der Waals surface area (Å²) in [7, 11) is 0. The molecule has 0 unspecified atom stereocenters. The average Bonchev–Trinajstić information content (AvgIpc) is 2.76. The fraction of sp³-hybridized carbons (Fsp3) is 0.615. The van der Waals surface area contributed by atoms with Crippen molar-refractivity contribution < 1.29 is 4.39 Å². The standard InChI is InChI=1S/C13H19FN2/c1-2-13(8-3-4-9-13)10-15-12-7-5-6-11(14)16-12/h5-7H,2-4,8-10H2,1H3,(H,15,16). The Kier molecular flexibility index (Phi) is 3.42. The van der Waals surface area contributed by atoms with Crippen LogP contribution in [0.1, 0.15) is 39.0 Å². The zero-order valence-corrected chi connectivity index (χ0v) is 9.80. The maximum atomic E-state index is 12.9. The van der Waals surface area contributed by atoms with Crippen LogP contribution < -0.4 is 5.32 Å². The molecular formula is C13H19FN2. The summed E-state index contributed by atoms with van der Waals surface area (Å²) in [6, 6.07) is 4.88. The van der Waals surface area contributed by atoms with E-state index in [1.807, 2.05) is 6.07 Å². The maximum absolute atomic E-state index is 12.9. The van der Waals surface area contributed by atoms with Gasteiger partial charge in [0.2, 0.25) is 5.95 Å². The maximum Gasteiger partial charge on any atom is 0.214 e. The van der Waals surface area contributed by atoms with E-state index >= 15 is 0 Å². The van der Waals surface area contributed by atoms with Crippen LogP contribution in [-0.2, 0) is 0 Å². The molecular weight excluding hydrogens is 203 g/mol. The van der Waals surface area contributed by atoms with E-state index in [1.54, 1.807) is 6.07 Å². The molecule has 16 heavy (non-hydrogen) atoms. The zero-order chi connectivity index (χ0) is 11.4. The van der Waals surface area contributed by atoms with Crippen molar-refractivity contribution in [2.75, 3.05) is 11.9 Å². The smallest absolute Gasteiger partial charge is 0.214 e. The van der Waals surface area contributed by atoms with E-state index in [-0.39, 0.29) is 0 Å². The van der Waals surface area contributed by atoms with Crippen molar-refractivity contribution in [1.29, 1.82) is 0 Å². The minimum absolute atomic E-state index is 0.411. The number of nitrogens with one attached hydrogen (secondary N) is 1. The van der Waals surface area contributed by atoms with Crippen molar-refractivity contribution in [1.82, 2.24) is 4.98 Å². The number of nitrogens with zero attached hydrogens (tertiary/aromatic N) is 1. The first-order chi connectivity index (χ1) is 7.74. The molecule has 88 valence electrons. The highest BCUT2D eigenvalue weighted by Gasteiger charge is 2.31. The third-order valence-corrected chi connectivity index (χ3v) is 3.77. The second-order valence-electron chi connectivity index (χ2n) is 4.76. The van der Waals surface area contributed by atoms with Crippen molar-refractivity contribution in [2.24, 2.45) is 5.41 Å². The third-order valence-electron chi connectivity index (χ3n) is 3.77. The number of hydrogen-bond donors (Lipinski definition) is 1. The fourth-order valence-corrected chi connectivity index (χ4v) is 2.57. The lowest BCUT2D eigenvalue weighted by atomic mass is 9.83. The summed E-state index contributed by atoms with van der Waals surface area (Å²) in [5.41, 5.74) is 0.411. The summed E-state index contributed by atoms with van der Waals surface area (Å²) < 4.78 is 12.9. The summed E-state index contributed by atoms with van der Waals surface area (Å²) in [6.07, 6.45) is 6.41. The van der Waals surface area contributed by atoms with Crippen molar-refractivity contribution in [2.45, 2.75) is 39.0 Å². The summed E-state index contributed by atoms with van der Waals surface area (Å²) in [5, 5.41) is 3.27. The summed E-state index contributed by atoms with van der Waals surface area (Å²) in [6.45, 7) is 3.16. The van der Waals surface area contributed by atoms with Crippen LogP contribution in [0.15, 0.2) is 18.2 Å². The van der Waals surface area contributed by atoms with Gasteiger partial charge in [-0.2, -0.15) is 4.39 Å². The first-order valence-electron chi connectivity index (χ1n) is 6.11. The largest absolute Gasteiger partial charge is 0.369 e. The molecule has 0 aliphatic heterocycles. The number of anilines is 1. The van der Waals surface area contributed by atoms with Gasteiger partial charge in [0.25, 0.3) is 0 Å². The minimum atomic E-state index is -0.415. The van der Waals surface area contributed by atoms with Gasteiger partial charge in [-0.05, 0) is 36.8 Å². The van der Waals surface area contributed by atoms with Gasteiger partial charge in [0.15, 0.2) is 0 Å². The molecule has 0 atom stereocenters. The van der Waals surface area contributed by atoms with Gasteiger partial charge in [-0.3, -0.25) is 0 Å². The molecule has 0 radical (unpaired) electrons. The van der Waals surface area contributed by atoms with E-state index < -0.39 is 5.95 Å². The molecule has 2 nitrogen and oxygen atoms in total. The van der Waals surface area contributed by atoms with Crippen LogP contribution in [0.4, 0.5) is 10.2 Å². The molecule has 0 spiro atoms. The molecule has 1 aromatic heterocycles. The van der Waals surface area contributed by atoms with Gasteiger partial charge >= 0.3 is 0 Å². The van der Waals surface area contributed by atoms with Crippen LogP contribution in [0.3, 0.4) is 0 Å². The second-order valence-corrected chi connectivity index (χ2v) is 4.76. The van der Waals surface area contributed by atoms with Crippen LogP contribution >= 0.6 is 0 Å². The molecule has 2 rings (SSSR count). The van der Waals surface area contributed by atoms with E-state index in [9.17, 15) is 4.39 Å². The van der Waals surface area contributed by atoms with Crippen molar-refractivity contribution >= 4 is 5.82 Å². The van der Waals surface area contributed by atoms with Gasteiger partial charge in [-0.15, -0.1) is 0 Å². The lowest BCUT2D eigenvalue weighted by molar-refractivity contribution is 0.306. The molecule has 3 heteroatoms. The Morgan fingerprint density at radius 3 is 2.75 bits per heavy atom. The second kappa shape index (κ2) is 4.81. The van der Waals surface area contributed by atoms with E-state index in [1.165, 1.54) is 38.2 Å². The van der Waals surface area contributed by atoms with Gasteiger partial charge in [-0.25, -0.2) is 4.98 Å². The average molecular weight is 222 g/mol.